The highest BCUT2D eigenvalue weighted by Gasteiger charge is 2.17. The average Bonchev–Trinajstić information content (AvgIpc) is 2.54. The second-order valence-electron chi connectivity index (χ2n) is 2.69. The van der Waals surface area contributed by atoms with Gasteiger partial charge in [-0.2, -0.15) is 0 Å². The summed E-state index contributed by atoms with van der Waals surface area (Å²) in [6, 6.07) is 10.0. The van der Waals surface area contributed by atoms with Gasteiger partial charge in [-0.25, -0.2) is 5.84 Å². The van der Waals surface area contributed by atoms with E-state index in [4.69, 9.17) is 10.7 Å². The number of anilines is 1. The van der Waals surface area contributed by atoms with Gasteiger partial charge in [-0.1, -0.05) is 18.2 Å². The molecule has 0 aromatic heterocycles. The Morgan fingerprint density at radius 2 is 2.00 bits per heavy atom. The van der Waals surface area contributed by atoms with Crippen LogP contribution in [0.25, 0.3) is 0 Å². The van der Waals surface area contributed by atoms with E-state index in [9.17, 15) is 0 Å². The first-order valence-corrected chi connectivity index (χ1v) is 3.81. The minimum Gasteiger partial charge on any atom is -0.330 e. The fourth-order valence-electron chi connectivity index (χ4n) is 1.19. The Labute approximate surface area is 71.1 Å². The number of nitrogens with two attached hydrogens (primary N) is 1. The van der Waals surface area contributed by atoms with Crippen LogP contribution in [0.2, 0.25) is 0 Å². The van der Waals surface area contributed by atoms with Gasteiger partial charge in [-0.05, 0) is 12.1 Å². The van der Waals surface area contributed by atoms with Crippen LogP contribution in [0.5, 0.6) is 0 Å². The van der Waals surface area contributed by atoms with Crippen molar-refractivity contribution >= 4 is 5.69 Å². The number of para-hydroxylation sites is 1. The van der Waals surface area contributed by atoms with E-state index in [-0.39, 0.29) is 0 Å². The lowest BCUT2D eigenvalue weighted by atomic mass is 10.3. The smallest absolute Gasteiger partial charge is 0.143 e. The Kier molecular flexibility index (Phi) is 1.95. The molecule has 12 heavy (non-hydrogen) atoms. The molecule has 1 aliphatic rings. The standard InChI is InChI=1S/C8H11N3O/c9-11-6-10(7-12-11)8-4-2-1-3-5-8/h1-5H,6-7,9H2. The van der Waals surface area contributed by atoms with Crippen molar-refractivity contribution in [1.82, 2.24) is 5.17 Å². The first kappa shape index (κ1) is 7.54. The Bertz CT molecular complexity index is 252. The van der Waals surface area contributed by atoms with Crippen LogP contribution >= 0.6 is 0 Å². The zero-order valence-electron chi connectivity index (χ0n) is 6.68. The summed E-state index contributed by atoms with van der Waals surface area (Å²) in [4.78, 5) is 7.10. The molecule has 1 aliphatic heterocycles. The van der Waals surface area contributed by atoms with Crippen LogP contribution in [-0.4, -0.2) is 18.6 Å². The van der Waals surface area contributed by atoms with E-state index in [1.807, 2.05) is 35.2 Å². The number of benzene rings is 1. The molecule has 1 saturated heterocycles. The minimum absolute atomic E-state index is 0.528. The number of hydrogen-bond acceptors (Lipinski definition) is 4. The molecule has 0 atom stereocenters. The normalized spacial score (nSPS) is 18.6. The van der Waals surface area contributed by atoms with Gasteiger partial charge >= 0.3 is 0 Å². The second-order valence-corrected chi connectivity index (χ2v) is 2.69. The molecule has 2 N–H and O–H groups in total. The monoisotopic (exact) mass is 165 g/mol. The number of hydroxylamine groups is 1. The van der Waals surface area contributed by atoms with Gasteiger partial charge in [0.25, 0.3) is 0 Å². The Balaban J connectivity index is 2.11. The van der Waals surface area contributed by atoms with Crippen LogP contribution in [-0.2, 0) is 4.84 Å². The lowest BCUT2D eigenvalue weighted by Crippen LogP contribution is -2.29. The molecule has 0 amide bonds. The molecule has 1 aromatic carbocycles. The summed E-state index contributed by atoms with van der Waals surface area (Å²) in [5, 5.41) is 1.33. The van der Waals surface area contributed by atoms with Gasteiger partial charge in [0.15, 0.2) is 0 Å². The topological polar surface area (TPSA) is 41.7 Å². The van der Waals surface area contributed by atoms with E-state index in [0.29, 0.717) is 13.4 Å². The number of hydrogen-bond donors (Lipinski definition) is 1. The lowest BCUT2D eigenvalue weighted by molar-refractivity contribution is -0.111. The summed E-state index contributed by atoms with van der Waals surface area (Å²) in [6.07, 6.45) is 0. The van der Waals surface area contributed by atoms with Crippen molar-refractivity contribution in [3.8, 4) is 0 Å². The maximum Gasteiger partial charge on any atom is 0.143 e. The SMILES string of the molecule is NN1CN(c2ccccc2)CO1. The number of nitrogens with zero attached hydrogens (tertiary/aromatic N) is 2. The molecular weight excluding hydrogens is 154 g/mol. The van der Waals surface area contributed by atoms with Crippen molar-refractivity contribution in [2.75, 3.05) is 18.3 Å². The summed E-state index contributed by atoms with van der Waals surface area (Å²) in [5.74, 6) is 5.43. The summed E-state index contributed by atoms with van der Waals surface area (Å²) in [7, 11) is 0. The van der Waals surface area contributed by atoms with E-state index in [0.717, 1.165) is 5.69 Å². The van der Waals surface area contributed by atoms with E-state index >= 15 is 0 Å². The molecule has 0 aliphatic carbocycles. The molecule has 0 radical (unpaired) electrons. The largest absolute Gasteiger partial charge is 0.330 e. The number of rotatable bonds is 1. The first-order valence-electron chi connectivity index (χ1n) is 3.81. The van der Waals surface area contributed by atoms with Crippen LogP contribution in [0.15, 0.2) is 30.3 Å². The van der Waals surface area contributed by atoms with Gasteiger partial charge in [-0.3, -0.25) is 4.84 Å². The highest BCUT2D eigenvalue weighted by molar-refractivity contribution is 5.45. The molecule has 4 heteroatoms. The predicted molar refractivity (Wildman–Crippen MR) is 45.8 cm³/mol. The van der Waals surface area contributed by atoms with Gasteiger partial charge in [0.05, 0.1) is 0 Å². The highest BCUT2D eigenvalue weighted by Crippen LogP contribution is 2.16. The molecule has 0 spiro atoms. The van der Waals surface area contributed by atoms with Gasteiger partial charge in [0.2, 0.25) is 0 Å². The summed E-state index contributed by atoms with van der Waals surface area (Å²) in [5.41, 5.74) is 1.13. The second kappa shape index (κ2) is 3.10. The lowest BCUT2D eigenvalue weighted by Gasteiger charge is -2.14. The zero-order chi connectivity index (χ0) is 8.39. The third-order valence-corrected chi connectivity index (χ3v) is 1.81. The minimum atomic E-state index is 0.528. The van der Waals surface area contributed by atoms with Gasteiger partial charge in [0, 0.05) is 5.69 Å². The molecule has 1 heterocycles. The third kappa shape index (κ3) is 1.40. The Hall–Kier alpha value is -1.10. The molecule has 0 saturated carbocycles. The molecule has 2 rings (SSSR count). The highest BCUT2D eigenvalue weighted by atomic mass is 16.7. The van der Waals surface area contributed by atoms with Crippen LogP contribution in [0.1, 0.15) is 0 Å². The van der Waals surface area contributed by atoms with Crippen molar-refractivity contribution in [3.05, 3.63) is 30.3 Å². The zero-order valence-corrected chi connectivity index (χ0v) is 6.68. The van der Waals surface area contributed by atoms with Crippen molar-refractivity contribution < 1.29 is 4.84 Å². The van der Waals surface area contributed by atoms with Gasteiger partial charge in [-0.15, -0.1) is 5.17 Å². The van der Waals surface area contributed by atoms with Gasteiger partial charge < -0.3 is 4.90 Å². The quantitative estimate of drug-likeness (QED) is 0.616. The molecular formula is C8H11N3O. The summed E-state index contributed by atoms with van der Waals surface area (Å²) < 4.78 is 0. The van der Waals surface area contributed by atoms with Crippen molar-refractivity contribution in [3.63, 3.8) is 0 Å². The molecule has 1 fully saturated rings. The molecule has 4 nitrogen and oxygen atoms in total. The van der Waals surface area contributed by atoms with E-state index in [1.165, 1.54) is 5.17 Å². The van der Waals surface area contributed by atoms with Crippen LogP contribution < -0.4 is 10.7 Å². The summed E-state index contributed by atoms with van der Waals surface area (Å²) in [6.45, 7) is 1.14. The van der Waals surface area contributed by atoms with Crippen LogP contribution in [0.3, 0.4) is 0 Å². The Morgan fingerprint density at radius 3 is 2.58 bits per heavy atom. The van der Waals surface area contributed by atoms with E-state index in [1.54, 1.807) is 0 Å². The molecule has 0 unspecified atom stereocenters. The third-order valence-electron chi connectivity index (χ3n) is 1.81. The summed E-state index contributed by atoms with van der Waals surface area (Å²) >= 11 is 0. The van der Waals surface area contributed by atoms with Crippen LogP contribution in [0.4, 0.5) is 5.69 Å². The first-order chi connectivity index (χ1) is 5.86. The fraction of sp³-hybridized carbons (Fsp3) is 0.250. The fourth-order valence-corrected chi connectivity index (χ4v) is 1.19. The average molecular weight is 165 g/mol. The van der Waals surface area contributed by atoms with E-state index in [2.05, 4.69) is 0 Å². The van der Waals surface area contributed by atoms with Gasteiger partial charge in [0.1, 0.15) is 13.4 Å². The van der Waals surface area contributed by atoms with Crippen molar-refractivity contribution in [1.29, 1.82) is 0 Å². The molecule has 1 aromatic rings. The Morgan fingerprint density at radius 1 is 1.25 bits per heavy atom. The maximum absolute atomic E-state index is 5.43. The molecule has 64 valence electrons. The van der Waals surface area contributed by atoms with E-state index < -0.39 is 0 Å². The molecule has 0 bridgehead atoms. The van der Waals surface area contributed by atoms with Crippen molar-refractivity contribution in [2.24, 2.45) is 5.84 Å². The maximum atomic E-state index is 5.43. The van der Waals surface area contributed by atoms with Crippen LogP contribution in [0, 0.1) is 0 Å². The number of hydrazine groups is 1. The predicted octanol–water partition coefficient (Wildman–Crippen LogP) is 0.529. The van der Waals surface area contributed by atoms with Crippen molar-refractivity contribution in [2.45, 2.75) is 0 Å².